The molecule has 1 N–H and O–H groups in total. The molecule has 4 aliphatic carbocycles. The van der Waals surface area contributed by atoms with Crippen molar-refractivity contribution in [3.05, 3.63) is 12.2 Å². The molecule has 0 aromatic heterocycles. The van der Waals surface area contributed by atoms with Crippen LogP contribution in [0.25, 0.3) is 0 Å². The van der Waals surface area contributed by atoms with Crippen molar-refractivity contribution >= 4 is 0 Å². The first-order valence-electron chi connectivity index (χ1n) is 13.7. The van der Waals surface area contributed by atoms with Crippen LogP contribution in [0.2, 0.25) is 0 Å². The van der Waals surface area contributed by atoms with E-state index in [4.69, 9.17) is 4.74 Å². The quantitative estimate of drug-likeness (QED) is 0.377. The number of allylic oxidation sites excluding steroid dienone is 2. The topological polar surface area (TPSA) is 32.8 Å². The Hall–Kier alpha value is -0.340. The summed E-state index contributed by atoms with van der Waals surface area (Å²) in [5.74, 6) is 5.54. The van der Waals surface area contributed by atoms with E-state index < -0.39 is 0 Å². The third kappa shape index (κ3) is 3.17. The maximum absolute atomic E-state index is 10.4. The van der Waals surface area contributed by atoms with Crippen molar-refractivity contribution in [1.82, 2.24) is 0 Å². The smallest absolute Gasteiger partial charge is 0.103 e. The summed E-state index contributed by atoms with van der Waals surface area (Å²) in [5.41, 5.74) is 0.833. The number of ether oxygens (including phenoxy) is 1. The summed E-state index contributed by atoms with van der Waals surface area (Å²) >= 11 is 0. The van der Waals surface area contributed by atoms with Crippen molar-refractivity contribution in [2.45, 2.75) is 117 Å². The average Bonchev–Trinajstić information content (AvgIpc) is 3.29. The second kappa shape index (κ2) is 7.59. The van der Waals surface area contributed by atoms with Crippen molar-refractivity contribution in [3.8, 4) is 0 Å². The van der Waals surface area contributed by atoms with Crippen LogP contribution in [-0.2, 0) is 4.74 Å². The maximum atomic E-state index is 10.4. The maximum Gasteiger partial charge on any atom is 0.103 e. The molecular formula is C29H48O2. The molecule has 1 spiro atoms. The molecule has 11 atom stereocenters. The lowest BCUT2D eigenvalue weighted by atomic mass is 9.44. The van der Waals surface area contributed by atoms with Gasteiger partial charge in [0, 0.05) is 11.8 Å². The van der Waals surface area contributed by atoms with Crippen LogP contribution >= 0.6 is 0 Å². The van der Waals surface area contributed by atoms with E-state index in [9.17, 15) is 5.11 Å². The SMILES string of the molecule is CC[C@H](C=C[C@@H](C)[C@H]1CC[C@H]2[C@@H]3CC4OC45C[C@@H](O)CC[C@]5(C)[C@H]3CC[C@]12C)C(C)C. The predicted octanol–water partition coefficient (Wildman–Crippen LogP) is 7.01. The summed E-state index contributed by atoms with van der Waals surface area (Å²) in [6, 6.07) is 0. The molecule has 5 aliphatic rings. The van der Waals surface area contributed by atoms with Gasteiger partial charge >= 0.3 is 0 Å². The molecule has 2 heteroatoms. The molecule has 1 saturated heterocycles. The third-order valence-corrected chi connectivity index (χ3v) is 11.8. The molecule has 2 nitrogen and oxygen atoms in total. The minimum absolute atomic E-state index is 0.0274. The Morgan fingerprint density at radius 3 is 2.48 bits per heavy atom. The van der Waals surface area contributed by atoms with Crippen LogP contribution in [-0.4, -0.2) is 22.9 Å². The third-order valence-electron chi connectivity index (χ3n) is 11.8. The summed E-state index contributed by atoms with van der Waals surface area (Å²) in [5, 5.41) is 10.4. The van der Waals surface area contributed by atoms with Crippen molar-refractivity contribution in [2.75, 3.05) is 0 Å². The Balaban J connectivity index is 1.35. The van der Waals surface area contributed by atoms with E-state index in [1.807, 2.05) is 0 Å². The highest BCUT2D eigenvalue weighted by atomic mass is 16.6. The highest BCUT2D eigenvalue weighted by molar-refractivity contribution is 5.24. The van der Waals surface area contributed by atoms with Crippen LogP contribution in [0.3, 0.4) is 0 Å². The highest BCUT2D eigenvalue weighted by Gasteiger charge is 2.76. The Morgan fingerprint density at radius 2 is 1.77 bits per heavy atom. The van der Waals surface area contributed by atoms with Crippen molar-refractivity contribution in [1.29, 1.82) is 0 Å². The molecule has 176 valence electrons. The van der Waals surface area contributed by atoms with Gasteiger partial charge in [-0.1, -0.05) is 53.7 Å². The van der Waals surface area contributed by atoms with E-state index in [1.165, 1.54) is 44.9 Å². The fourth-order valence-corrected chi connectivity index (χ4v) is 9.84. The first kappa shape index (κ1) is 22.5. The van der Waals surface area contributed by atoms with Crippen LogP contribution in [0.5, 0.6) is 0 Å². The number of hydrogen-bond donors (Lipinski definition) is 1. The van der Waals surface area contributed by atoms with Gasteiger partial charge in [-0.25, -0.2) is 0 Å². The van der Waals surface area contributed by atoms with Gasteiger partial charge in [-0.15, -0.1) is 0 Å². The van der Waals surface area contributed by atoms with Gasteiger partial charge in [-0.3, -0.25) is 0 Å². The van der Waals surface area contributed by atoms with Gasteiger partial charge in [0.1, 0.15) is 5.60 Å². The Kier molecular flexibility index (Phi) is 5.50. The predicted molar refractivity (Wildman–Crippen MR) is 128 cm³/mol. The largest absolute Gasteiger partial charge is 0.393 e. The van der Waals surface area contributed by atoms with Gasteiger partial charge in [-0.05, 0) is 98.2 Å². The molecule has 5 fully saturated rings. The molecule has 4 saturated carbocycles. The van der Waals surface area contributed by atoms with Crippen molar-refractivity contribution in [2.24, 2.45) is 52.3 Å². The lowest BCUT2D eigenvalue weighted by Crippen LogP contribution is -2.58. The molecule has 5 rings (SSSR count). The Morgan fingerprint density at radius 1 is 1.00 bits per heavy atom. The summed E-state index contributed by atoms with van der Waals surface area (Å²) in [4.78, 5) is 0. The van der Waals surface area contributed by atoms with Gasteiger partial charge in [0.2, 0.25) is 0 Å². The summed E-state index contributed by atoms with van der Waals surface area (Å²) in [6.45, 7) is 14.8. The Bertz CT molecular complexity index is 714. The minimum Gasteiger partial charge on any atom is -0.393 e. The van der Waals surface area contributed by atoms with Gasteiger partial charge in [-0.2, -0.15) is 0 Å². The molecular weight excluding hydrogens is 380 g/mol. The molecule has 0 amide bonds. The number of rotatable bonds is 5. The zero-order valence-electron chi connectivity index (χ0n) is 21.1. The molecule has 0 radical (unpaired) electrons. The average molecular weight is 429 g/mol. The van der Waals surface area contributed by atoms with E-state index in [-0.39, 0.29) is 11.7 Å². The molecule has 0 bridgehead atoms. The first-order chi connectivity index (χ1) is 14.7. The van der Waals surface area contributed by atoms with Crippen molar-refractivity contribution in [3.63, 3.8) is 0 Å². The minimum atomic E-state index is -0.134. The van der Waals surface area contributed by atoms with Gasteiger partial charge in [0.15, 0.2) is 0 Å². The molecule has 1 heterocycles. The van der Waals surface area contributed by atoms with E-state index in [0.717, 1.165) is 48.3 Å². The molecule has 2 unspecified atom stereocenters. The van der Waals surface area contributed by atoms with Crippen LogP contribution < -0.4 is 0 Å². The Labute approximate surface area is 191 Å². The number of aliphatic hydroxyl groups is 1. The monoisotopic (exact) mass is 428 g/mol. The normalized spacial score (nSPS) is 52.9. The number of aliphatic hydroxyl groups excluding tert-OH is 1. The van der Waals surface area contributed by atoms with Gasteiger partial charge < -0.3 is 9.84 Å². The van der Waals surface area contributed by atoms with Crippen LogP contribution in [0.15, 0.2) is 12.2 Å². The highest BCUT2D eigenvalue weighted by Crippen LogP contribution is 2.74. The fourth-order valence-electron chi connectivity index (χ4n) is 9.84. The number of hydrogen-bond acceptors (Lipinski definition) is 2. The molecule has 0 aromatic carbocycles. The lowest BCUT2D eigenvalue weighted by molar-refractivity contribution is -0.115. The zero-order chi connectivity index (χ0) is 22.2. The second-order valence-electron chi connectivity index (χ2n) is 13.2. The zero-order valence-corrected chi connectivity index (χ0v) is 21.1. The second-order valence-corrected chi connectivity index (χ2v) is 13.2. The summed E-state index contributed by atoms with van der Waals surface area (Å²) < 4.78 is 6.52. The van der Waals surface area contributed by atoms with E-state index in [2.05, 4.69) is 53.7 Å². The van der Waals surface area contributed by atoms with E-state index in [0.29, 0.717) is 22.9 Å². The number of epoxide rings is 1. The van der Waals surface area contributed by atoms with E-state index in [1.54, 1.807) is 0 Å². The summed E-state index contributed by atoms with van der Waals surface area (Å²) in [6.07, 6.45) is 16.7. The first-order valence-corrected chi connectivity index (χ1v) is 13.7. The molecule has 31 heavy (non-hydrogen) atoms. The molecule has 0 aromatic rings. The van der Waals surface area contributed by atoms with Crippen molar-refractivity contribution < 1.29 is 9.84 Å². The fraction of sp³-hybridized carbons (Fsp3) is 0.931. The van der Waals surface area contributed by atoms with Gasteiger partial charge in [0.25, 0.3) is 0 Å². The van der Waals surface area contributed by atoms with Gasteiger partial charge in [0.05, 0.1) is 12.2 Å². The van der Waals surface area contributed by atoms with Crippen LogP contribution in [0.4, 0.5) is 0 Å². The van der Waals surface area contributed by atoms with Crippen LogP contribution in [0.1, 0.15) is 99.3 Å². The molecule has 1 aliphatic heterocycles. The van der Waals surface area contributed by atoms with E-state index >= 15 is 0 Å². The number of fused-ring (bicyclic) bond motifs is 4. The standard InChI is InChI=1S/C29H48O2/c1-7-20(18(2)3)9-8-19(4)23-10-11-24-22-16-26-29(31-26)17-21(30)12-15-28(29,6)25(22)13-14-27(23,24)5/h8-9,18-26,30H,7,10-17H2,1-6H3/t19-,20-,21+,22+,23-,24+,25+,26?,27-,28-,29?/m1/s1. The summed E-state index contributed by atoms with van der Waals surface area (Å²) in [7, 11) is 0. The van der Waals surface area contributed by atoms with Crippen LogP contribution in [0, 0.1) is 52.3 Å². The lowest BCUT2D eigenvalue weighted by Gasteiger charge is -2.59.